The quantitative estimate of drug-likeness (QED) is 0.637. The lowest BCUT2D eigenvalue weighted by molar-refractivity contribution is 0.183. The average Bonchev–Trinajstić information content (AvgIpc) is 2.32. The van der Waals surface area contributed by atoms with Crippen LogP contribution in [0.25, 0.3) is 0 Å². The van der Waals surface area contributed by atoms with Gasteiger partial charge in [0.15, 0.2) is 0 Å². The molecule has 0 amide bonds. The monoisotopic (exact) mass is 238 g/mol. The summed E-state index contributed by atoms with van der Waals surface area (Å²) in [7, 11) is 0. The molecule has 0 saturated carbocycles. The zero-order chi connectivity index (χ0) is 12.7. The van der Waals surface area contributed by atoms with E-state index < -0.39 is 0 Å². The van der Waals surface area contributed by atoms with Crippen LogP contribution in [0.1, 0.15) is 26.7 Å². The molecule has 4 N–H and O–H groups in total. The van der Waals surface area contributed by atoms with E-state index >= 15 is 0 Å². The molecule has 0 heterocycles. The van der Waals surface area contributed by atoms with Gasteiger partial charge in [0.2, 0.25) is 0 Å². The summed E-state index contributed by atoms with van der Waals surface area (Å²) in [6.45, 7) is 5.21. The van der Waals surface area contributed by atoms with Gasteiger partial charge in [-0.25, -0.2) is 0 Å². The second-order valence-electron chi connectivity index (χ2n) is 4.08. The van der Waals surface area contributed by atoms with Gasteiger partial charge >= 0.3 is 0 Å². The first-order chi connectivity index (χ1) is 8.15. The molecule has 1 aromatic rings. The van der Waals surface area contributed by atoms with Crippen molar-refractivity contribution in [2.24, 2.45) is 0 Å². The number of anilines is 2. The van der Waals surface area contributed by atoms with Crippen LogP contribution in [0.4, 0.5) is 11.4 Å². The molecule has 1 aromatic carbocycles. The van der Waals surface area contributed by atoms with Crippen molar-refractivity contribution in [1.82, 2.24) is 0 Å². The SMILES string of the molecule is CCCOc1cc(N)cc(NCC(O)CC)c1. The second kappa shape index (κ2) is 7.01. The van der Waals surface area contributed by atoms with E-state index in [1.165, 1.54) is 0 Å². The lowest BCUT2D eigenvalue weighted by atomic mass is 10.2. The van der Waals surface area contributed by atoms with Crippen molar-refractivity contribution < 1.29 is 9.84 Å². The minimum atomic E-state index is -0.337. The van der Waals surface area contributed by atoms with Crippen LogP contribution in [0.15, 0.2) is 18.2 Å². The number of rotatable bonds is 7. The topological polar surface area (TPSA) is 67.5 Å². The third kappa shape index (κ3) is 4.95. The summed E-state index contributed by atoms with van der Waals surface area (Å²) in [6, 6.07) is 5.53. The Hall–Kier alpha value is -1.42. The van der Waals surface area contributed by atoms with Gasteiger partial charge in [0.05, 0.1) is 12.7 Å². The fraction of sp³-hybridized carbons (Fsp3) is 0.538. The first-order valence-electron chi connectivity index (χ1n) is 6.11. The second-order valence-corrected chi connectivity index (χ2v) is 4.08. The molecule has 4 nitrogen and oxygen atoms in total. The van der Waals surface area contributed by atoms with Gasteiger partial charge in [0, 0.05) is 30.1 Å². The maximum absolute atomic E-state index is 9.47. The predicted octanol–water partition coefficient (Wildman–Crippen LogP) is 2.24. The van der Waals surface area contributed by atoms with Crippen LogP contribution in [0.5, 0.6) is 5.75 Å². The lowest BCUT2D eigenvalue weighted by Gasteiger charge is -2.13. The van der Waals surface area contributed by atoms with E-state index in [4.69, 9.17) is 10.5 Å². The van der Waals surface area contributed by atoms with Crippen LogP contribution < -0.4 is 15.8 Å². The van der Waals surface area contributed by atoms with Gasteiger partial charge in [-0.05, 0) is 18.9 Å². The summed E-state index contributed by atoms with van der Waals surface area (Å²) in [4.78, 5) is 0. The molecular formula is C13H22N2O2. The highest BCUT2D eigenvalue weighted by atomic mass is 16.5. The molecule has 17 heavy (non-hydrogen) atoms. The van der Waals surface area contributed by atoms with Crippen molar-refractivity contribution >= 4 is 11.4 Å². The number of hydrogen-bond donors (Lipinski definition) is 3. The molecule has 0 bridgehead atoms. The predicted molar refractivity (Wildman–Crippen MR) is 71.4 cm³/mol. The molecule has 1 rings (SSSR count). The van der Waals surface area contributed by atoms with E-state index in [1.807, 2.05) is 19.1 Å². The van der Waals surface area contributed by atoms with Gasteiger partial charge in [-0.3, -0.25) is 0 Å². The standard InChI is InChI=1S/C13H22N2O2/c1-3-5-17-13-7-10(14)6-11(8-13)15-9-12(16)4-2/h6-8,12,15-16H,3-5,9,14H2,1-2H3. The number of benzene rings is 1. The Labute approximate surface area is 103 Å². The summed E-state index contributed by atoms with van der Waals surface area (Å²) in [5.74, 6) is 0.764. The zero-order valence-electron chi connectivity index (χ0n) is 10.6. The van der Waals surface area contributed by atoms with Crippen LogP contribution in [0.3, 0.4) is 0 Å². The molecule has 0 aliphatic carbocycles. The van der Waals surface area contributed by atoms with Gasteiger partial charge in [-0.1, -0.05) is 13.8 Å². The number of nitrogens with two attached hydrogens (primary N) is 1. The van der Waals surface area contributed by atoms with E-state index in [2.05, 4.69) is 12.2 Å². The molecule has 0 spiro atoms. The van der Waals surface area contributed by atoms with Crippen molar-refractivity contribution in [1.29, 1.82) is 0 Å². The third-order valence-electron chi connectivity index (χ3n) is 2.41. The highest BCUT2D eigenvalue weighted by Crippen LogP contribution is 2.22. The van der Waals surface area contributed by atoms with Gasteiger partial charge < -0.3 is 20.9 Å². The molecule has 0 aromatic heterocycles. The molecule has 0 fully saturated rings. The summed E-state index contributed by atoms with van der Waals surface area (Å²) >= 11 is 0. The number of aliphatic hydroxyl groups excluding tert-OH is 1. The summed E-state index contributed by atoms with van der Waals surface area (Å²) in [6.07, 6.45) is 1.36. The summed E-state index contributed by atoms with van der Waals surface area (Å²) < 4.78 is 5.53. The minimum Gasteiger partial charge on any atom is -0.493 e. The van der Waals surface area contributed by atoms with E-state index in [9.17, 15) is 5.11 Å². The normalized spacial score (nSPS) is 12.2. The molecule has 0 aliphatic heterocycles. The molecule has 4 heteroatoms. The Morgan fingerprint density at radius 2 is 2.12 bits per heavy atom. The minimum absolute atomic E-state index is 0.337. The fourth-order valence-electron chi connectivity index (χ4n) is 1.41. The Bertz CT molecular complexity index is 342. The Balaban J connectivity index is 2.61. The number of hydrogen-bond acceptors (Lipinski definition) is 4. The van der Waals surface area contributed by atoms with Gasteiger partial charge in [0.1, 0.15) is 5.75 Å². The molecule has 0 radical (unpaired) electrons. The first-order valence-corrected chi connectivity index (χ1v) is 6.11. The molecular weight excluding hydrogens is 216 g/mol. The number of nitrogen functional groups attached to an aromatic ring is 1. The number of nitrogens with one attached hydrogen (secondary N) is 1. The zero-order valence-corrected chi connectivity index (χ0v) is 10.6. The van der Waals surface area contributed by atoms with Gasteiger partial charge in [-0.15, -0.1) is 0 Å². The van der Waals surface area contributed by atoms with Crippen molar-refractivity contribution in [3.63, 3.8) is 0 Å². The van der Waals surface area contributed by atoms with E-state index in [1.54, 1.807) is 6.07 Å². The van der Waals surface area contributed by atoms with Crippen LogP contribution in [-0.2, 0) is 0 Å². The smallest absolute Gasteiger partial charge is 0.123 e. The van der Waals surface area contributed by atoms with Crippen LogP contribution in [0.2, 0.25) is 0 Å². The lowest BCUT2D eigenvalue weighted by Crippen LogP contribution is -2.18. The van der Waals surface area contributed by atoms with Gasteiger partial charge in [0.25, 0.3) is 0 Å². The Morgan fingerprint density at radius 3 is 2.76 bits per heavy atom. The van der Waals surface area contributed by atoms with Crippen LogP contribution >= 0.6 is 0 Å². The largest absolute Gasteiger partial charge is 0.493 e. The number of aliphatic hydroxyl groups is 1. The van der Waals surface area contributed by atoms with Crippen LogP contribution in [0, 0.1) is 0 Å². The highest BCUT2D eigenvalue weighted by molar-refractivity contribution is 5.59. The van der Waals surface area contributed by atoms with Crippen LogP contribution in [-0.4, -0.2) is 24.4 Å². The fourth-order valence-corrected chi connectivity index (χ4v) is 1.41. The highest BCUT2D eigenvalue weighted by Gasteiger charge is 2.03. The Kier molecular flexibility index (Phi) is 5.63. The number of ether oxygens (including phenoxy) is 1. The average molecular weight is 238 g/mol. The molecule has 0 aliphatic rings. The molecule has 0 saturated heterocycles. The maximum Gasteiger partial charge on any atom is 0.123 e. The van der Waals surface area contributed by atoms with E-state index in [0.717, 1.165) is 24.3 Å². The van der Waals surface area contributed by atoms with Crippen molar-refractivity contribution in [2.45, 2.75) is 32.8 Å². The maximum atomic E-state index is 9.47. The van der Waals surface area contributed by atoms with Crippen molar-refractivity contribution in [3.8, 4) is 5.75 Å². The molecule has 96 valence electrons. The van der Waals surface area contributed by atoms with E-state index in [-0.39, 0.29) is 6.10 Å². The van der Waals surface area contributed by atoms with Crippen molar-refractivity contribution in [2.75, 3.05) is 24.2 Å². The summed E-state index contributed by atoms with van der Waals surface area (Å²) in [5.41, 5.74) is 7.33. The Morgan fingerprint density at radius 1 is 1.35 bits per heavy atom. The molecule has 1 atom stereocenters. The first kappa shape index (κ1) is 13.6. The molecule has 1 unspecified atom stereocenters. The summed E-state index contributed by atoms with van der Waals surface area (Å²) in [5, 5.41) is 12.6. The van der Waals surface area contributed by atoms with Crippen molar-refractivity contribution in [3.05, 3.63) is 18.2 Å². The third-order valence-corrected chi connectivity index (χ3v) is 2.41. The van der Waals surface area contributed by atoms with Gasteiger partial charge in [-0.2, -0.15) is 0 Å². The van der Waals surface area contributed by atoms with E-state index in [0.29, 0.717) is 18.8 Å².